The van der Waals surface area contributed by atoms with Gasteiger partial charge in [-0.25, -0.2) is 0 Å². The minimum absolute atomic E-state index is 0.122. The Morgan fingerprint density at radius 3 is 2.43 bits per heavy atom. The lowest BCUT2D eigenvalue weighted by Crippen LogP contribution is -2.37. The number of pyridine rings is 1. The number of aromatic nitrogens is 2. The van der Waals surface area contributed by atoms with Crippen LogP contribution in [0.15, 0.2) is 42.9 Å². The molecule has 2 aromatic heterocycles. The van der Waals surface area contributed by atoms with E-state index in [4.69, 9.17) is 12.2 Å². The van der Waals surface area contributed by atoms with Gasteiger partial charge in [0, 0.05) is 30.7 Å². The molecule has 1 saturated heterocycles. The molecule has 2 aromatic rings. The van der Waals surface area contributed by atoms with Crippen LogP contribution in [0.25, 0.3) is 0 Å². The lowest BCUT2D eigenvalue weighted by atomic mass is 9.95. The summed E-state index contributed by atoms with van der Waals surface area (Å²) in [5.74, 6) is 0. The Balaban J connectivity index is 1.49. The van der Waals surface area contributed by atoms with Gasteiger partial charge in [0.15, 0.2) is 5.11 Å². The van der Waals surface area contributed by atoms with Gasteiger partial charge in [-0.15, -0.1) is 0 Å². The molecule has 148 valence electrons. The second-order valence-corrected chi connectivity index (χ2v) is 9.04. The smallest absolute Gasteiger partial charge is 0.170 e. The monoisotopic (exact) mass is 394 g/mol. The van der Waals surface area contributed by atoms with Crippen molar-refractivity contribution in [3.63, 3.8) is 0 Å². The SMILES string of the molecule is S=C1N[C@H](c2ccccn2)[C@H](c2ccn(C3CCCCC3)c2)N1C1CCCC1. The lowest BCUT2D eigenvalue weighted by molar-refractivity contribution is 0.245. The van der Waals surface area contributed by atoms with Crippen molar-refractivity contribution in [3.05, 3.63) is 54.1 Å². The van der Waals surface area contributed by atoms with E-state index in [1.54, 1.807) is 0 Å². The molecule has 3 heterocycles. The van der Waals surface area contributed by atoms with Crippen LogP contribution in [0, 0.1) is 0 Å². The maximum Gasteiger partial charge on any atom is 0.170 e. The lowest BCUT2D eigenvalue weighted by Gasteiger charge is -2.32. The fourth-order valence-corrected chi connectivity index (χ4v) is 5.90. The topological polar surface area (TPSA) is 33.1 Å². The first kappa shape index (κ1) is 18.2. The number of thiocarbonyl (C=S) groups is 1. The molecular formula is C23H30N4S. The molecule has 0 aromatic carbocycles. The zero-order valence-corrected chi connectivity index (χ0v) is 17.3. The van der Waals surface area contributed by atoms with Gasteiger partial charge < -0.3 is 14.8 Å². The summed E-state index contributed by atoms with van der Waals surface area (Å²) in [4.78, 5) is 7.18. The second kappa shape index (κ2) is 7.86. The summed E-state index contributed by atoms with van der Waals surface area (Å²) >= 11 is 5.84. The Morgan fingerprint density at radius 1 is 0.929 bits per heavy atom. The first-order chi connectivity index (χ1) is 13.8. The average Bonchev–Trinajstić information content (AvgIpc) is 3.48. The van der Waals surface area contributed by atoms with E-state index >= 15 is 0 Å². The first-order valence-electron chi connectivity index (χ1n) is 11.0. The van der Waals surface area contributed by atoms with Gasteiger partial charge in [0.25, 0.3) is 0 Å². The van der Waals surface area contributed by atoms with E-state index in [9.17, 15) is 0 Å². The van der Waals surface area contributed by atoms with Crippen LogP contribution in [0.3, 0.4) is 0 Å². The van der Waals surface area contributed by atoms with Gasteiger partial charge in [-0.2, -0.15) is 0 Å². The predicted molar refractivity (Wildman–Crippen MR) is 116 cm³/mol. The highest BCUT2D eigenvalue weighted by atomic mass is 32.1. The molecule has 0 bridgehead atoms. The van der Waals surface area contributed by atoms with Crippen LogP contribution in [0.2, 0.25) is 0 Å². The van der Waals surface area contributed by atoms with Crippen molar-refractivity contribution in [3.8, 4) is 0 Å². The molecule has 2 atom stereocenters. The van der Waals surface area contributed by atoms with Crippen molar-refractivity contribution in [2.45, 2.75) is 82.0 Å². The number of hydrogen-bond acceptors (Lipinski definition) is 2. The van der Waals surface area contributed by atoms with E-state index in [1.807, 2.05) is 12.3 Å². The van der Waals surface area contributed by atoms with Crippen molar-refractivity contribution < 1.29 is 0 Å². The summed E-state index contributed by atoms with van der Waals surface area (Å²) in [6, 6.07) is 10.1. The molecule has 2 saturated carbocycles. The minimum Gasteiger partial charge on any atom is -0.352 e. The molecular weight excluding hydrogens is 364 g/mol. The quantitative estimate of drug-likeness (QED) is 0.713. The Hall–Kier alpha value is -1.88. The van der Waals surface area contributed by atoms with Gasteiger partial charge in [0.1, 0.15) is 0 Å². The summed E-state index contributed by atoms with van der Waals surface area (Å²) in [7, 11) is 0. The largest absolute Gasteiger partial charge is 0.352 e. The Morgan fingerprint density at radius 2 is 1.68 bits per heavy atom. The average molecular weight is 395 g/mol. The van der Waals surface area contributed by atoms with E-state index in [2.05, 4.69) is 50.4 Å². The van der Waals surface area contributed by atoms with Crippen LogP contribution in [-0.4, -0.2) is 25.6 Å². The number of hydrogen-bond donors (Lipinski definition) is 1. The second-order valence-electron chi connectivity index (χ2n) is 8.66. The zero-order valence-electron chi connectivity index (χ0n) is 16.5. The molecule has 1 N–H and O–H groups in total. The fourth-order valence-electron chi connectivity index (χ4n) is 5.51. The third-order valence-corrected chi connectivity index (χ3v) is 7.26. The van der Waals surface area contributed by atoms with Gasteiger partial charge in [0.05, 0.1) is 17.8 Å². The van der Waals surface area contributed by atoms with Crippen molar-refractivity contribution >= 4 is 17.3 Å². The molecule has 0 unspecified atom stereocenters. The van der Waals surface area contributed by atoms with Gasteiger partial charge in [-0.05, 0) is 61.7 Å². The van der Waals surface area contributed by atoms with E-state index in [0.29, 0.717) is 12.1 Å². The Bertz CT molecular complexity index is 805. The first-order valence-corrected chi connectivity index (χ1v) is 11.4. The van der Waals surface area contributed by atoms with Crippen LogP contribution in [0.5, 0.6) is 0 Å². The fraction of sp³-hybridized carbons (Fsp3) is 0.565. The molecule has 5 heteroatoms. The van der Waals surface area contributed by atoms with Gasteiger partial charge in [-0.1, -0.05) is 38.2 Å². The van der Waals surface area contributed by atoms with Gasteiger partial charge >= 0.3 is 0 Å². The third kappa shape index (κ3) is 3.34. The molecule has 28 heavy (non-hydrogen) atoms. The molecule has 3 aliphatic rings. The van der Waals surface area contributed by atoms with Gasteiger partial charge in [0.2, 0.25) is 0 Å². The number of nitrogens with zero attached hydrogens (tertiary/aromatic N) is 3. The zero-order chi connectivity index (χ0) is 18.9. The van der Waals surface area contributed by atoms with E-state index < -0.39 is 0 Å². The molecule has 3 fully saturated rings. The summed E-state index contributed by atoms with van der Waals surface area (Å²) in [5.41, 5.74) is 2.46. The van der Waals surface area contributed by atoms with E-state index in [-0.39, 0.29) is 12.1 Å². The van der Waals surface area contributed by atoms with Gasteiger partial charge in [-0.3, -0.25) is 4.98 Å². The van der Waals surface area contributed by atoms with Crippen LogP contribution >= 0.6 is 12.2 Å². The standard InChI is InChI=1S/C23H30N4S/c28-23-25-21(20-12-6-7-14-24-20)22(27(23)19-10-4-5-11-19)17-13-15-26(16-17)18-8-2-1-3-9-18/h6-7,12-16,18-19,21-22H,1-5,8-11H2,(H,25,28)/t21-,22+/m1/s1. The molecule has 0 radical (unpaired) electrons. The molecule has 4 nitrogen and oxygen atoms in total. The molecule has 2 aliphatic carbocycles. The Kier molecular flexibility index (Phi) is 5.10. The maximum absolute atomic E-state index is 5.84. The van der Waals surface area contributed by atoms with Crippen molar-refractivity contribution in [2.75, 3.05) is 0 Å². The highest BCUT2D eigenvalue weighted by molar-refractivity contribution is 7.80. The summed E-state index contributed by atoms with van der Waals surface area (Å²) < 4.78 is 2.47. The van der Waals surface area contributed by atoms with Crippen LogP contribution < -0.4 is 5.32 Å². The van der Waals surface area contributed by atoms with Crippen LogP contribution in [0.1, 0.15) is 87.2 Å². The predicted octanol–water partition coefficient (Wildman–Crippen LogP) is 5.30. The van der Waals surface area contributed by atoms with Crippen molar-refractivity contribution in [1.29, 1.82) is 0 Å². The van der Waals surface area contributed by atoms with Crippen LogP contribution in [-0.2, 0) is 0 Å². The third-order valence-electron chi connectivity index (χ3n) is 6.93. The normalized spacial score (nSPS) is 26.7. The molecule has 1 aliphatic heterocycles. The molecule has 5 rings (SSSR count). The number of nitrogens with one attached hydrogen (secondary N) is 1. The van der Waals surface area contributed by atoms with Crippen LogP contribution in [0.4, 0.5) is 0 Å². The highest BCUT2D eigenvalue weighted by Crippen LogP contribution is 2.43. The van der Waals surface area contributed by atoms with E-state index in [1.165, 1.54) is 63.4 Å². The summed E-state index contributed by atoms with van der Waals surface area (Å²) in [6.45, 7) is 0. The number of rotatable bonds is 4. The minimum atomic E-state index is 0.122. The van der Waals surface area contributed by atoms with E-state index in [0.717, 1.165) is 10.8 Å². The summed E-state index contributed by atoms with van der Waals surface area (Å²) in [6.07, 6.45) is 18.4. The summed E-state index contributed by atoms with van der Waals surface area (Å²) in [5, 5.41) is 4.52. The molecule has 0 spiro atoms. The maximum atomic E-state index is 5.84. The molecule has 0 amide bonds. The Labute approximate surface area is 173 Å². The van der Waals surface area contributed by atoms with Crippen molar-refractivity contribution in [1.82, 2.24) is 19.8 Å². The highest BCUT2D eigenvalue weighted by Gasteiger charge is 2.43. The van der Waals surface area contributed by atoms with Crippen molar-refractivity contribution in [2.24, 2.45) is 0 Å².